The number of likely N-dealkylation sites (N-methyl/N-ethyl adjacent to an activating group) is 1. The summed E-state index contributed by atoms with van der Waals surface area (Å²) in [7, 11) is 2.03. The highest BCUT2D eigenvalue weighted by Gasteiger charge is 2.14. The van der Waals surface area contributed by atoms with Crippen LogP contribution in [0, 0.1) is 0 Å². The van der Waals surface area contributed by atoms with Gasteiger partial charge in [-0.15, -0.1) is 0 Å². The van der Waals surface area contributed by atoms with Crippen LogP contribution in [0.25, 0.3) is 0 Å². The molecule has 1 atom stereocenters. The number of hydrogen-bond donors (Lipinski definition) is 2. The molecule has 1 aliphatic rings. The van der Waals surface area contributed by atoms with Crippen molar-refractivity contribution in [1.29, 1.82) is 0 Å². The molecule has 0 amide bonds. The summed E-state index contributed by atoms with van der Waals surface area (Å²) in [5.74, 6) is 0. The molecule has 2 heteroatoms. The van der Waals surface area contributed by atoms with E-state index in [4.69, 9.17) is 5.73 Å². The minimum atomic E-state index is 0.231. The van der Waals surface area contributed by atoms with Crippen LogP contribution in [0.3, 0.4) is 0 Å². The molecule has 0 saturated heterocycles. The third kappa shape index (κ3) is 1.46. The van der Waals surface area contributed by atoms with Gasteiger partial charge in [0.05, 0.1) is 13.1 Å². The van der Waals surface area contributed by atoms with Crippen molar-refractivity contribution in [3.63, 3.8) is 0 Å². The summed E-state index contributed by atoms with van der Waals surface area (Å²) in [5, 5.41) is 2.08. The van der Waals surface area contributed by atoms with Crippen LogP contribution < -0.4 is 11.1 Å². The van der Waals surface area contributed by atoms with Crippen molar-refractivity contribution < 1.29 is 5.32 Å². The maximum atomic E-state index is 5.84. The molecule has 0 radical (unpaired) electrons. The van der Waals surface area contributed by atoms with Gasteiger partial charge in [0.1, 0.15) is 5.70 Å². The highest BCUT2D eigenvalue weighted by molar-refractivity contribution is 5.22. The van der Waals surface area contributed by atoms with Gasteiger partial charge in [-0.25, -0.2) is 0 Å². The average Bonchev–Trinajstić information content (AvgIpc) is 1.88. The predicted octanol–water partition coefficient (Wildman–Crippen LogP) is -0.259. The lowest BCUT2D eigenvalue weighted by molar-refractivity contribution is -0.579. The van der Waals surface area contributed by atoms with Gasteiger partial charge in [0, 0.05) is 0 Å². The number of nitrogens with two attached hydrogens (primary N) is 2. The summed E-state index contributed by atoms with van der Waals surface area (Å²) < 4.78 is 0. The van der Waals surface area contributed by atoms with Crippen molar-refractivity contribution in [3.05, 3.63) is 23.4 Å². The van der Waals surface area contributed by atoms with Crippen LogP contribution >= 0.6 is 0 Å². The molecule has 10 heavy (non-hydrogen) atoms. The largest absolute Gasteiger partial charge is 0.319 e. The molecule has 0 aromatic rings. The van der Waals surface area contributed by atoms with Gasteiger partial charge < -0.3 is 11.1 Å². The second kappa shape index (κ2) is 2.99. The summed E-state index contributed by atoms with van der Waals surface area (Å²) in [6, 6.07) is 0.231. The van der Waals surface area contributed by atoms with Gasteiger partial charge >= 0.3 is 0 Å². The van der Waals surface area contributed by atoms with E-state index in [1.165, 1.54) is 11.3 Å². The van der Waals surface area contributed by atoms with Crippen LogP contribution in [0.4, 0.5) is 0 Å². The first-order valence-electron chi connectivity index (χ1n) is 3.66. The molecular formula is C8H15N2+. The molecule has 1 aliphatic carbocycles. The number of quaternary nitrogens is 1. The van der Waals surface area contributed by atoms with E-state index in [1.54, 1.807) is 0 Å². The highest BCUT2D eigenvalue weighted by Crippen LogP contribution is 2.11. The van der Waals surface area contributed by atoms with Gasteiger partial charge in [-0.05, 0) is 19.4 Å². The molecule has 0 saturated carbocycles. The fourth-order valence-electron chi connectivity index (χ4n) is 1.21. The molecule has 0 aromatic carbocycles. The van der Waals surface area contributed by atoms with E-state index in [0.717, 1.165) is 6.42 Å². The summed E-state index contributed by atoms with van der Waals surface area (Å²) in [6.45, 7) is 2.11. The SMILES string of the molecule is C[NH2+]C1=CC=C(C)CC1N. The van der Waals surface area contributed by atoms with E-state index >= 15 is 0 Å². The summed E-state index contributed by atoms with van der Waals surface area (Å²) in [5.41, 5.74) is 8.47. The second-order valence-corrected chi connectivity index (χ2v) is 2.78. The minimum absolute atomic E-state index is 0.231. The average molecular weight is 139 g/mol. The fraction of sp³-hybridized carbons (Fsp3) is 0.500. The van der Waals surface area contributed by atoms with Gasteiger partial charge in [0.2, 0.25) is 0 Å². The first-order valence-corrected chi connectivity index (χ1v) is 3.66. The highest BCUT2D eigenvalue weighted by atomic mass is 14.9. The molecule has 0 aromatic heterocycles. The van der Waals surface area contributed by atoms with Gasteiger partial charge in [0.15, 0.2) is 0 Å². The van der Waals surface area contributed by atoms with E-state index in [-0.39, 0.29) is 6.04 Å². The minimum Gasteiger partial charge on any atom is -0.319 e. The Balaban J connectivity index is 2.71. The molecule has 2 nitrogen and oxygen atoms in total. The van der Waals surface area contributed by atoms with Crippen LogP contribution in [-0.2, 0) is 0 Å². The Morgan fingerprint density at radius 1 is 1.60 bits per heavy atom. The standard InChI is InChI=1S/C8H14N2/c1-6-3-4-8(10-2)7(9)5-6/h3-4,7,10H,5,9H2,1-2H3/p+1. The van der Waals surface area contributed by atoms with Gasteiger partial charge in [-0.2, -0.15) is 0 Å². The number of rotatable bonds is 1. The Morgan fingerprint density at radius 3 is 2.80 bits per heavy atom. The monoisotopic (exact) mass is 139 g/mol. The summed E-state index contributed by atoms with van der Waals surface area (Å²) in [4.78, 5) is 0. The van der Waals surface area contributed by atoms with E-state index in [1.807, 2.05) is 7.05 Å². The molecule has 1 rings (SSSR count). The molecule has 0 bridgehead atoms. The van der Waals surface area contributed by atoms with Crippen LogP contribution in [0.5, 0.6) is 0 Å². The second-order valence-electron chi connectivity index (χ2n) is 2.78. The van der Waals surface area contributed by atoms with Gasteiger partial charge in [0.25, 0.3) is 0 Å². The fourth-order valence-corrected chi connectivity index (χ4v) is 1.21. The van der Waals surface area contributed by atoms with Crippen LogP contribution in [0.1, 0.15) is 13.3 Å². The van der Waals surface area contributed by atoms with Gasteiger partial charge in [-0.1, -0.05) is 11.6 Å². The zero-order valence-electron chi connectivity index (χ0n) is 6.59. The van der Waals surface area contributed by atoms with Crippen molar-refractivity contribution in [2.24, 2.45) is 5.73 Å². The van der Waals surface area contributed by atoms with Crippen LogP contribution in [0.15, 0.2) is 23.4 Å². The van der Waals surface area contributed by atoms with Crippen molar-refractivity contribution in [3.8, 4) is 0 Å². The van der Waals surface area contributed by atoms with E-state index in [2.05, 4.69) is 24.4 Å². The van der Waals surface area contributed by atoms with E-state index < -0.39 is 0 Å². The molecule has 4 N–H and O–H groups in total. The van der Waals surface area contributed by atoms with Crippen molar-refractivity contribution in [1.82, 2.24) is 0 Å². The van der Waals surface area contributed by atoms with Crippen molar-refractivity contribution in [2.75, 3.05) is 7.05 Å². The summed E-state index contributed by atoms with van der Waals surface area (Å²) in [6.07, 6.45) is 5.25. The lowest BCUT2D eigenvalue weighted by Crippen LogP contribution is -2.80. The smallest absolute Gasteiger partial charge is 0.123 e. The lowest BCUT2D eigenvalue weighted by atomic mass is 10.00. The predicted molar refractivity (Wildman–Crippen MR) is 42.3 cm³/mol. The zero-order chi connectivity index (χ0) is 7.56. The molecule has 0 heterocycles. The Kier molecular flexibility index (Phi) is 2.25. The Labute approximate surface area is 61.8 Å². The first kappa shape index (κ1) is 7.51. The third-order valence-corrected chi connectivity index (χ3v) is 1.86. The maximum absolute atomic E-state index is 5.84. The Hall–Kier alpha value is -0.600. The molecule has 0 spiro atoms. The Bertz CT molecular complexity index is 180. The van der Waals surface area contributed by atoms with E-state index in [9.17, 15) is 0 Å². The molecule has 56 valence electrons. The van der Waals surface area contributed by atoms with E-state index in [0.29, 0.717) is 0 Å². The third-order valence-electron chi connectivity index (χ3n) is 1.86. The van der Waals surface area contributed by atoms with Crippen molar-refractivity contribution in [2.45, 2.75) is 19.4 Å². The zero-order valence-corrected chi connectivity index (χ0v) is 6.59. The maximum Gasteiger partial charge on any atom is 0.123 e. The molecular weight excluding hydrogens is 124 g/mol. The normalized spacial score (nSPS) is 25.7. The van der Waals surface area contributed by atoms with Crippen molar-refractivity contribution >= 4 is 0 Å². The topological polar surface area (TPSA) is 42.6 Å². The Morgan fingerprint density at radius 2 is 2.30 bits per heavy atom. The van der Waals surface area contributed by atoms with Crippen LogP contribution in [-0.4, -0.2) is 13.1 Å². The van der Waals surface area contributed by atoms with Crippen LogP contribution in [0.2, 0.25) is 0 Å². The lowest BCUT2D eigenvalue weighted by Gasteiger charge is -2.15. The van der Waals surface area contributed by atoms with Gasteiger partial charge in [-0.3, -0.25) is 0 Å². The molecule has 0 aliphatic heterocycles. The summed E-state index contributed by atoms with van der Waals surface area (Å²) >= 11 is 0. The number of hydrogen-bond acceptors (Lipinski definition) is 1. The quantitative estimate of drug-likeness (QED) is 0.516. The first-order chi connectivity index (χ1) is 4.74. The molecule has 1 unspecified atom stereocenters. The number of allylic oxidation sites excluding steroid dienone is 2. The molecule has 0 fully saturated rings.